The fourth-order valence-corrected chi connectivity index (χ4v) is 5.62. The number of thiol groups is 1. The van der Waals surface area contributed by atoms with Crippen molar-refractivity contribution in [2.24, 2.45) is 0 Å². The van der Waals surface area contributed by atoms with Crippen LogP contribution in [0.25, 0.3) is 0 Å². The van der Waals surface area contributed by atoms with E-state index in [1.807, 2.05) is 4.98 Å². The maximum atomic E-state index is 11.9. The fraction of sp³-hybridized carbons (Fsp3) is 0.455. The highest BCUT2D eigenvalue weighted by molar-refractivity contribution is 8.16. The molecular weight excluding hydrogens is 414 g/mol. The van der Waals surface area contributed by atoms with Crippen molar-refractivity contribution in [2.45, 2.75) is 23.7 Å². The third-order valence-corrected chi connectivity index (χ3v) is 7.33. The van der Waals surface area contributed by atoms with Gasteiger partial charge >= 0.3 is 13.3 Å². The van der Waals surface area contributed by atoms with Gasteiger partial charge in [0.2, 0.25) is 0 Å². The van der Waals surface area contributed by atoms with Gasteiger partial charge in [0.25, 0.3) is 12.3 Å². The highest BCUT2D eigenvalue weighted by Crippen LogP contribution is 2.45. The maximum absolute atomic E-state index is 11.9. The van der Waals surface area contributed by atoms with Crippen LogP contribution in [0.4, 0.5) is 0 Å². The molecule has 0 radical (unpaired) electrons. The molecule has 0 aliphatic carbocycles. The van der Waals surface area contributed by atoms with Crippen LogP contribution in [-0.4, -0.2) is 58.3 Å². The molecule has 1 aliphatic rings. The van der Waals surface area contributed by atoms with Gasteiger partial charge in [-0.2, -0.15) is 0 Å². The summed E-state index contributed by atoms with van der Waals surface area (Å²) >= 11 is 0. The largest absolute Gasteiger partial charge is 0.387 e. The van der Waals surface area contributed by atoms with E-state index in [1.165, 1.54) is 0 Å². The first-order valence-corrected chi connectivity index (χ1v) is 11.9. The smallest absolute Gasteiger partial charge is 0.351 e. The summed E-state index contributed by atoms with van der Waals surface area (Å²) in [6.45, 7) is -1.81. The molecule has 0 amide bonds. The monoisotopic (exact) mass is 432 g/mol. The van der Waals surface area contributed by atoms with E-state index >= 15 is 0 Å². The maximum Gasteiger partial charge on any atom is 0.351 e. The minimum Gasteiger partial charge on any atom is -0.387 e. The molecule has 1 aromatic rings. The van der Waals surface area contributed by atoms with Crippen molar-refractivity contribution in [1.82, 2.24) is 9.55 Å². The van der Waals surface area contributed by atoms with Gasteiger partial charge in [0.15, 0.2) is 6.23 Å². The van der Waals surface area contributed by atoms with E-state index < -0.39 is 66.8 Å². The number of aliphatic hydroxyl groups is 1. The van der Waals surface area contributed by atoms with Crippen LogP contribution >= 0.6 is 14.3 Å². The lowest BCUT2D eigenvalue weighted by Crippen LogP contribution is -2.37. The number of H-pyrrole nitrogens is 1. The molecule has 2 rings (SSSR count). The highest BCUT2D eigenvalue weighted by Gasteiger charge is 2.45. The number of hydrogen-bond donors (Lipinski definition) is 7. The quantitative estimate of drug-likeness (QED) is 0.195. The SMILES string of the molecule is C=CP(=O)(O)OC[C@H]1O[C@@H](n2ccc(=O)[nH]c2=O)[C@@H](O)[C@@H]1[SH]=P(O)(O)O. The lowest BCUT2D eigenvalue weighted by Gasteiger charge is -2.19. The van der Waals surface area contributed by atoms with E-state index in [2.05, 4.69) is 6.58 Å². The van der Waals surface area contributed by atoms with Gasteiger partial charge in [0, 0.05) is 18.1 Å². The third kappa shape index (κ3) is 5.33. The van der Waals surface area contributed by atoms with E-state index in [1.54, 1.807) is 0 Å². The zero-order valence-electron chi connectivity index (χ0n) is 13.0. The van der Waals surface area contributed by atoms with Crippen LogP contribution in [0.1, 0.15) is 6.23 Å². The number of nitrogens with one attached hydrogen (secondary N) is 1. The molecule has 0 saturated carbocycles. The number of aromatic amines is 1. The Balaban J connectivity index is 2.36. The number of rotatable bonds is 6. The average molecular weight is 432 g/mol. The van der Waals surface area contributed by atoms with E-state index in [0.717, 1.165) is 16.8 Å². The Morgan fingerprint density at radius 3 is 2.58 bits per heavy atom. The topological polar surface area (TPSA) is 192 Å². The van der Waals surface area contributed by atoms with E-state index in [0.29, 0.717) is 5.82 Å². The minimum atomic E-state index is -4.37. The van der Waals surface area contributed by atoms with Gasteiger partial charge in [-0.1, -0.05) is 6.58 Å². The molecule has 1 saturated heterocycles. The summed E-state index contributed by atoms with van der Waals surface area (Å²) in [5.74, 6) is 0.677. The molecule has 6 N–H and O–H groups in total. The number of hydrogen-bond acceptors (Lipinski definition) is 6. The molecule has 1 fully saturated rings. The van der Waals surface area contributed by atoms with Crippen molar-refractivity contribution in [1.29, 1.82) is 0 Å². The van der Waals surface area contributed by atoms with Crippen molar-refractivity contribution < 1.29 is 38.5 Å². The molecule has 5 atom stereocenters. The summed E-state index contributed by atoms with van der Waals surface area (Å²) < 4.78 is 22.6. The van der Waals surface area contributed by atoms with Crippen LogP contribution in [0, 0.1) is 0 Å². The standard InChI is InChI=1S/C11H18N2O10P2S/c1-2-24(17,18)22-5-6-9(26-25(19,20)21)8(15)10(23-6)13-4-3-7(14)12-11(13)16/h2-4,6,8-10,15,19-21,26H,1,5H2,(H,17,18)(H,12,14,16)/t6-,8+,9-,10-/m1/s1. The minimum absolute atomic E-state index is 0.401. The molecule has 1 unspecified atom stereocenters. The van der Waals surface area contributed by atoms with E-state index in [4.69, 9.17) is 9.26 Å². The zero-order valence-corrected chi connectivity index (χ0v) is 15.7. The molecular formula is C11H18N2O10P2S. The first-order valence-electron chi connectivity index (χ1n) is 6.99. The Morgan fingerprint density at radius 1 is 1.38 bits per heavy atom. The molecule has 1 aliphatic heterocycles. The summed E-state index contributed by atoms with van der Waals surface area (Å²) in [7, 11) is -4.53. The van der Waals surface area contributed by atoms with Crippen LogP contribution in [0.5, 0.6) is 0 Å². The predicted molar refractivity (Wildman–Crippen MR) is 93.3 cm³/mol. The summed E-state index contributed by atoms with van der Waals surface area (Å²) in [6, 6.07) is 1.01. The van der Waals surface area contributed by atoms with Gasteiger partial charge in [0.1, 0.15) is 6.10 Å². The third-order valence-electron chi connectivity index (χ3n) is 3.41. The zero-order chi connectivity index (χ0) is 19.7. The van der Waals surface area contributed by atoms with Gasteiger partial charge < -0.3 is 33.9 Å². The van der Waals surface area contributed by atoms with Gasteiger partial charge in [-0.3, -0.25) is 18.9 Å². The number of nitrogens with zero attached hydrogens (tertiary/aromatic N) is 1. The van der Waals surface area contributed by atoms with Crippen LogP contribution in [0.15, 0.2) is 34.2 Å². The highest BCUT2D eigenvalue weighted by atomic mass is 32.5. The van der Waals surface area contributed by atoms with Gasteiger partial charge in [-0.15, -0.1) is 10.9 Å². The molecule has 12 nitrogen and oxygen atoms in total. The molecule has 0 bridgehead atoms. The van der Waals surface area contributed by atoms with Crippen LogP contribution in [0.3, 0.4) is 0 Å². The second kappa shape index (κ2) is 8.03. The van der Waals surface area contributed by atoms with Crippen LogP contribution < -0.4 is 11.2 Å². The molecule has 26 heavy (non-hydrogen) atoms. The Bertz CT molecular complexity index is 883. The van der Waals surface area contributed by atoms with E-state index in [-0.39, 0.29) is 0 Å². The molecule has 2 heterocycles. The normalized spacial score (nSPS) is 28.7. The Morgan fingerprint density at radius 2 is 2.04 bits per heavy atom. The summed E-state index contributed by atoms with van der Waals surface area (Å²) in [5.41, 5.74) is -1.57. The second-order valence-electron chi connectivity index (χ2n) is 5.26. The molecule has 0 spiro atoms. The summed E-state index contributed by atoms with van der Waals surface area (Å²) in [4.78, 5) is 62.3. The van der Waals surface area contributed by atoms with Gasteiger partial charge in [-0.25, -0.2) is 4.79 Å². The second-order valence-corrected chi connectivity index (χ2v) is 11.2. The van der Waals surface area contributed by atoms with Crippen LogP contribution in [0.2, 0.25) is 0 Å². The number of aromatic nitrogens is 2. The average Bonchev–Trinajstić information content (AvgIpc) is 2.81. The predicted octanol–water partition coefficient (Wildman–Crippen LogP) is -2.02. The van der Waals surface area contributed by atoms with Crippen molar-refractivity contribution in [3.8, 4) is 0 Å². The molecule has 0 aromatic carbocycles. The van der Waals surface area contributed by atoms with Gasteiger partial charge in [0.05, 0.1) is 18.0 Å². The molecule has 15 heteroatoms. The van der Waals surface area contributed by atoms with Crippen molar-refractivity contribution in [2.75, 3.05) is 6.61 Å². The van der Waals surface area contributed by atoms with Crippen molar-refractivity contribution in [3.63, 3.8) is 0 Å². The summed E-state index contributed by atoms with van der Waals surface area (Å²) in [6.07, 6.45) is -3.01. The lowest BCUT2D eigenvalue weighted by atomic mass is 10.2. The Labute approximate surface area is 149 Å². The van der Waals surface area contributed by atoms with Crippen molar-refractivity contribution in [3.05, 3.63) is 45.5 Å². The Kier molecular flexibility index (Phi) is 6.62. The number of ether oxygens (including phenoxy) is 1. The van der Waals surface area contributed by atoms with Gasteiger partial charge in [-0.05, 0) is 0 Å². The first kappa shape index (κ1) is 21.5. The lowest BCUT2D eigenvalue weighted by molar-refractivity contribution is -0.0507. The summed E-state index contributed by atoms with van der Waals surface area (Å²) in [5, 5.41) is 9.24. The Hall–Kier alpha value is -0.850. The molecule has 1 aromatic heterocycles. The van der Waals surface area contributed by atoms with Crippen molar-refractivity contribution >= 4 is 25.3 Å². The molecule has 148 valence electrons. The fourth-order valence-electron chi connectivity index (χ4n) is 2.28. The van der Waals surface area contributed by atoms with E-state index in [9.17, 15) is 38.8 Å². The first-order chi connectivity index (χ1) is 11.9. The number of aliphatic hydroxyl groups excluding tert-OH is 1. The van der Waals surface area contributed by atoms with Crippen LogP contribution in [-0.2, 0) is 24.8 Å².